The van der Waals surface area contributed by atoms with Crippen molar-refractivity contribution in [3.05, 3.63) is 42.0 Å². The molecule has 4 rings (SSSR count). The number of amides is 1. The number of carbonyl (C=O) groups excluding carboxylic acids is 1. The van der Waals surface area contributed by atoms with Crippen LogP contribution in [0.3, 0.4) is 0 Å². The Kier molecular flexibility index (Phi) is 8.82. The van der Waals surface area contributed by atoms with Gasteiger partial charge in [0.1, 0.15) is 0 Å². The second-order valence-corrected chi connectivity index (χ2v) is 7.59. The van der Waals surface area contributed by atoms with Crippen molar-refractivity contribution in [3.63, 3.8) is 0 Å². The summed E-state index contributed by atoms with van der Waals surface area (Å²) >= 11 is 0. The van der Waals surface area contributed by atoms with E-state index < -0.39 is 0 Å². The van der Waals surface area contributed by atoms with Gasteiger partial charge in [-0.15, -0.1) is 29.9 Å². The number of aromatic nitrogens is 4. The predicted octanol–water partition coefficient (Wildman–Crippen LogP) is 1.95. The molecule has 2 aromatic rings. The first-order chi connectivity index (χ1) is 13.2. The number of carbonyl (C=O) groups is 1. The van der Waals surface area contributed by atoms with Crippen molar-refractivity contribution in [2.24, 2.45) is 11.7 Å². The van der Waals surface area contributed by atoms with Gasteiger partial charge in [0.2, 0.25) is 0 Å². The number of hydrogen-bond acceptors (Lipinski definition) is 6. The van der Waals surface area contributed by atoms with Crippen LogP contribution >= 0.6 is 24.8 Å². The van der Waals surface area contributed by atoms with E-state index in [0.717, 1.165) is 32.1 Å². The summed E-state index contributed by atoms with van der Waals surface area (Å²) in [5, 5.41) is 11.3. The van der Waals surface area contributed by atoms with Gasteiger partial charge in [-0.05, 0) is 49.8 Å². The highest BCUT2D eigenvalue weighted by molar-refractivity contribution is 5.92. The minimum atomic E-state index is -0.191. The third-order valence-electron chi connectivity index (χ3n) is 5.62. The van der Waals surface area contributed by atoms with E-state index in [2.05, 4.69) is 20.6 Å². The molecule has 2 atom stereocenters. The molecular weight excluding hydrogens is 415 g/mol. The first kappa shape index (κ1) is 23.5. The lowest BCUT2D eigenvalue weighted by Gasteiger charge is -2.25. The molecule has 3 N–H and O–H groups in total. The molecule has 1 amide bonds. The Hall–Kier alpha value is -1.74. The summed E-state index contributed by atoms with van der Waals surface area (Å²) in [7, 11) is 0. The number of nitrogens with zero attached hydrogens (tertiary/aromatic N) is 4. The van der Waals surface area contributed by atoms with Crippen LogP contribution in [0.25, 0.3) is 0 Å². The van der Waals surface area contributed by atoms with Crippen LogP contribution in [0.5, 0.6) is 0 Å². The average Bonchev–Trinajstić information content (AvgIpc) is 3.33. The van der Waals surface area contributed by atoms with Gasteiger partial charge in [0, 0.05) is 24.4 Å². The van der Waals surface area contributed by atoms with Crippen LogP contribution in [0.2, 0.25) is 0 Å². The topological polar surface area (TPSA) is 108 Å². The molecule has 0 aromatic carbocycles. The van der Waals surface area contributed by atoms with Crippen molar-refractivity contribution in [1.82, 2.24) is 25.3 Å². The lowest BCUT2D eigenvalue weighted by atomic mass is 9.92. The molecule has 29 heavy (non-hydrogen) atoms. The van der Waals surface area contributed by atoms with Crippen LogP contribution in [0, 0.1) is 5.92 Å². The molecule has 1 aliphatic carbocycles. The van der Waals surface area contributed by atoms with Crippen molar-refractivity contribution in [3.8, 4) is 0 Å². The van der Waals surface area contributed by atoms with Gasteiger partial charge in [-0.2, -0.15) is 0 Å². The largest absolute Gasteiger partial charge is 0.379 e. The van der Waals surface area contributed by atoms with Crippen molar-refractivity contribution in [2.45, 2.75) is 50.2 Å². The summed E-state index contributed by atoms with van der Waals surface area (Å²) in [5.41, 5.74) is 7.52. The van der Waals surface area contributed by atoms with Gasteiger partial charge in [0.05, 0.1) is 31.5 Å². The zero-order chi connectivity index (χ0) is 18.6. The monoisotopic (exact) mass is 442 g/mol. The average molecular weight is 443 g/mol. The molecule has 8 nitrogen and oxygen atoms in total. The molecule has 2 aromatic heterocycles. The van der Waals surface area contributed by atoms with Gasteiger partial charge in [0.15, 0.2) is 5.69 Å². The molecule has 1 saturated carbocycles. The molecule has 10 heteroatoms. The van der Waals surface area contributed by atoms with Gasteiger partial charge in [-0.25, -0.2) is 4.68 Å². The number of hydrogen-bond donors (Lipinski definition) is 2. The van der Waals surface area contributed by atoms with Crippen molar-refractivity contribution < 1.29 is 9.53 Å². The number of ether oxygens (including phenoxy) is 1. The van der Waals surface area contributed by atoms with E-state index in [1.807, 2.05) is 16.8 Å². The summed E-state index contributed by atoms with van der Waals surface area (Å²) < 4.78 is 7.43. The number of rotatable bonds is 5. The number of nitrogens with two attached hydrogens (primary N) is 1. The fourth-order valence-corrected chi connectivity index (χ4v) is 3.95. The van der Waals surface area contributed by atoms with E-state index in [1.54, 1.807) is 18.6 Å². The van der Waals surface area contributed by atoms with E-state index in [9.17, 15) is 4.79 Å². The predicted molar refractivity (Wildman–Crippen MR) is 114 cm³/mol. The van der Waals surface area contributed by atoms with Crippen molar-refractivity contribution in [1.29, 1.82) is 0 Å². The van der Waals surface area contributed by atoms with Gasteiger partial charge in [-0.1, -0.05) is 5.21 Å². The van der Waals surface area contributed by atoms with Crippen LogP contribution in [0.4, 0.5) is 0 Å². The highest BCUT2D eigenvalue weighted by atomic mass is 35.5. The Bertz CT molecular complexity index is 767. The zero-order valence-corrected chi connectivity index (χ0v) is 17.8. The van der Waals surface area contributed by atoms with Crippen LogP contribution < -0.4 is 11.1 Å². The third-order valence-corrected chi connectivity index (χ3v) is 5.62. The Labute approximate surface area is 182 Å². The van der Waals surface area contributed by atoms with E-state index >= 15 is 0 Å². The molecular formula is C19H28Cl2N6O2. The number of halogens is 2. The Morgan fingerprint density at radius 1 is 1.17 bits per heavy atom. The van der Waals surface area contributed by atoms with E-state index in [1.165, 1.54) is 5.56 Å². The van der Waals surface area contributed by atoms with E-state index in [0.29, 0.717) is 18.9 Å². The molecule has 0 unspecified atom stereocenters. The lowest BCUT2D eigenvalue weighted by molar-refractivity contribution is 0.0920. The second-order valence-electron chi connectivity index (χ2n) is 7.59. The minimum absolute atomic E-state index is 0. The van der Waals surface area contributed by atoms with Crippen LogP contribution in [0.1, 0.15) is 47.8 Å². The zero-order valence-electron chi connectivity index (χ0n) is 16.1. The normalized spacial score (nSPS) is 26.2. The number of pyridine rings is 1. The smallest absolute Gasteiger partial charge is 0.273 e. The Balaban J connectivity index is 0.00000150. The lowest BCUT2D eigenvalue weighted by Crippen LogP contribution is -2.40. The fraction of sp³-hybridized carbons (Fsp3) is 0.579. The quantitative estimate of drug-likeness (QED) is 0.732. The molecule has 3 heterocycles. The molecule has 0 bridgehead atoms. The summed E-state index contributed by atoms with van der Waals surface area (Å²) in [5.74, 6) is 0.0511. The Morgan fingerprint density at radius 2 is 1.90 bits per heavy atom. The summed E-state index contributed by atoms with van der Waals surface area (Å²) in [6, 6.07) is 4.54. The molecule has 0 spiro atoms. The maximum Gasteiger partial charge on any atom is 0.273 e. The van der Waals surface area contributed by atoms with Gasteiger partial charge in [0.25, 0.3) is 5.91 Å². The van der Waals surface area contributed by atoms with Gasteiger partial charge in [-0.3, -0.25) is 9.78 Å². The van der Waals surface area contributed by atoms with Crippen molar-refractivity contribution >= 4 is 30.7 Å². The molecule has 160 valence electrons. The number of nitrogens with one attached hydrogen (secondary N) is 1. The molecule has 2 aliphatic rings. The minimum Gasteiger partial charge on any atom is -0.379 e. The summed E-state index contributed by atoms with van der Waals surface area (Å²) in [6.07, 6.45) is 10.1. The van der Waals surface area contributed by atoms with Crippen molar-refractivity contribution in [2.75, 3.05) is 13.2 Å². The molecule has 0 radical (unpaired) electrons. The highest BCUT2D eigenvalue weighted by Crippen LogP contribution is 2.27. The summed E-state index contributed by atoms with van der Waals surface area (Å²) in [6.45, 7) is 1.17. The first-order valence-electron chi connectivity index (χ1n) is 9.64. The van der Waals surface area contributed by atoms with E-state index in [-0.39, 0.29) is 54.8 Å². The van der Waals surface area contributed by atoms with Crippen LogP contribution in [0.15, 0.2) is 30.7 Å². The maximum atomic E-state index is 12.6. The second kappa shape index (κ2) is 10.9. The molecule has 2 fully saturated rings. The van der Waals surface area contributed by atoms with Crippen LogP contribution in [-0.4, -0.2) is 51.2 Å². The third kappa shape index (κ3) is 5.88. The highest BCUT2D eigenvalue weighted by Gasteiger charge is 2.31. The maximum absolute atomic E-state index is 12.6. The molecule has 1 aliphatic heterocycles. The van der Waals surface area contributed by atoms with Gasteiger partial charge < -0.3 is 15.8 Å². The SMILES string of the molecule is Cl.Cl.NC1CCC(n2cc(C(=O)N[C@H]3COC[C@H]3Cc3ccncc3)nn2)CC1. The van der Waals surface area contributed by atoms with E-state index in [4.69, 9.17) is 10.5 Å². The molecule has 1 saturated heterocycles. The van der Waals surface area contributed by atoms with Crippen LogP contribution in [-0.2, 0) is 11.2 Å². The van der Waals surface area contributed by atoms with Gasteiger partial charge >= 0.3 is 0 Å². The first-order valence-corrected chi connectivity index (χ1v) is 9.64. The summed E-state index contributed by atoms with van der Waals surface area (Å²) in [4.78, 5) is 16.7. The standard InChI is InChI=1S/C19H26N6O2.2ClH/c20-15-1-3-16(4-2-15)25-10-17(23-24-25)19(26)22-18-12-27-11-14(18)9-13-5-7-21-8-6-13;;/h5-8,10,14-16,18H,1-4,9,11-12,20H2,(H,22,26);2*1H/t14-,15?,16?,18+;;/m1../s1. The Morgan fingerprint density at radius 3 is 2.62 bits per heavy atom. The fourth-order valence-electron chi connectivity index (χ4n) is 3.95.